The van der Waals surface area contributed by atoms with Gasteiger partial charge in [0.25, 0.3) is 5.91 Å². The maximum atomic E-state index is 12.0. The molecule has 1 amide bonds. The minimum atomic E-state index is -0.823. The van der Waals surface area contributed by atoms with Gasteiger partial charge in [0.05, 0.1) is 11.5 Å². The molecule has 1 rings (SSSR count). The lowest BCUT2D eigenvalue weighted by Crippen LogP contribution is -2.32. The lowest BCUT2D eigenvalue weighted by atomic mass is 10.0. The molecule has 6 heteroatoms. The van der Waals surface area contributed by atoms with E-state index in [0.29, 0.717) is 19.3 Å². The Kier molecular flexibility index (Phi) is 6.02. The predicted molar refractivity (Wildman–Crippen MR) is 77.4 cm³/mol. The van der Waals surface area contributed by atoms with E-state index in [1.807, 2.05) is 6.92 Å². The molecule has 0 fully saturated rings. The van der Waals surface area contributed by atoms with Crippen LogP contribution in [0, 0.1) is 5.92 Å². The summed E-state index contributed by atoms with van der Waals surface area (Å²) >= 11 is 0. The van der Waals surface area contributed by atoms with Crippen molar-refractivity contribution in [1.82, 2.24) is 5.32 Å². The summed E-state index contributed by atoms with van der Waals surface area (Å²) in [5.74, 6) is -2.48. The summed E-state index contributed by atoms with van der Waals surface area (Å²) in [4.78, 5) is 22.6. The Bertz CT molecular complexity index is 515. The average molecular weight is 295 g/mol. The molecule has 0 aliphatic rings. The summed E-state index contributed by atoms with van der Waals surface area (Å²) < 4.78 is 0. The van der Waals surface area contributed by atoms with Gasteiger partial charge in [-0.15, -0.1) is 0 Å². The Morgan fingerprint density at radius 2 is 1.86 bits per heavy atom. The van der Waals surface area contributed by atoms with Crippen LogP contribution in [-0.2, 0) is 4.79 Å². The minimum Gasteiger partial charge on any atom is -0.504 e. The van der Waals surface area contributed by atoms with Gasteiger partial charge in [-0.2, -0.15) is 0 Å². The van der Waals surface area contributed by atoms with E-state index in [9.17, 15) is 19.8 Å². The summed E-state index contributed by atoms with van der Waals surface area (Å²) in [5.41, 5.74) is 0.0146. The number of rotatable bonds is 7. The quantitative estimate of drug-likeness (QED) is 0.576. The van der Waals surface area contributed by atoms with E-state index in [4.69, 9.17) is 5.11 Å². The van der Waals surface area contributed by atoms with Crippen LogP contribution in [0.4, 0.5) is 0 Å². The third kappa shape index (κ3) is 4.98. The molecule has 6 nitrogen and oxygen atoms in total. The fraction of sp³-hybridized carbons (Fsp3) is 0.467. The molecule has 21 heavy (non-hydrogen) atoms. The number of carbonyl (C=O) groups is 2. The van der Waals surface area contributed by atoms with Crippen LogP contribution in [0.15, 0.2) is 18.2 Å². The van der Waals surface area contributed by atoms with Gasteiger partial charge in [0.1, 0.15) is 0 Å². The highest BCUT2D eigenvalue weighted by atomic mass is 16.4. The van der Waals surface area contributed by atoms with Crippen LogP contribution in [0.2, 0.25) is 0 Å². The van der Waals surface area contributed by atoms with E-state index < -0.39 is 23.5 Å². The first-order valence-electron chi connectivity index (χ1n) is 6.87. The Hall–Kier alpha value is -2.24. The number of hydrogen-bond donors (Lipinski definition) is 4. The third-order valence-corrected chi connectivity index (χ3v) is 3.33. The van der Waals surface area contributed by atoms with E-state index in [-0.39, 0.29) is 17.4 Å². The van der Waals surface area contributed by atoms with Crippen molar-refractivity contribution >= 4 is 11.9 Å². The zero-order valence-electron chi connectivity index (χ0n) is 12.2. The molecule has 0 aromatic heterocycles. The smallest absolute Gasteiger partial charge is 0.306 e. The molecular formula is C15H21NO5. The molecule has 2 unspecified atom stereocenters. The van der Waals surface area contributed by atoms with Crippen LogP contribution in [-0.4, -0.2) is 33.2 Å². The first-order valence-corrected chi connectivity index (χ1v) is 6.87. The average Bonchev–Trinajstić information content (AvgIpc) is 2.41. The SMILES string of the molecule is CC(CCCC(C)C(=O)O)NC(=O)c1cccc(O)c1O. The third-order valence-electron chi connectivity index (χ3n) is 3.33. The highest BCUT2D eigenvalue weighted by Crippen LogP contribution is 2.28. The number of phenols is 2. The summed E-state index contributed by atoms with van der Waals surface area (Å²) in [6.07, 6.45) is 1.87. The van der Waals surface area contributed by atoms with Gasteiger partial charge in [-0.25, -0.2) is 0 Å². The van der Waals surface area contributed by atoms with E-state index in [0.717, 1.165) is 0 Å². The van der Waals surface area contributed by atoms with Crippen LogP contribution >= 0.6 is 0 Å². The zero-order chi connectivity index (χ0) is 16.0. The van der Waals surface area contributed by atoms with Gasteiger partial charge in [0, 0.05) is 6.04 Å². The van der Waals surface area contributed by atoms with Crippen molar-refractivity contribution in [3.63, 3.8) is 0 Å². The molecule has 0 bridgehead atoms. The second kappa shape index (κ2) is 7.52. The monoisotopic (exact) mass is 295 g/mol. The van der Waals surface area contributed by atoms with Gasteiger partial charge in [-0.05, 0) is 31.9 Å². The Balaban J connectivity index is 2.47. The van der Waals surface area contributed by atoms with Crippen LogP contribution in [0.25, 0.3) is 0 Å². The van der Waals surface area contributed by atoms with Crippen molar-refractivity contribution in [2.45, 2.75) is 39.2 Å². The molecule has 2 atom stereocenters. The second-order valence-electron chi connectivity index (χ2n) is 5.22. The van der Waals surface area contributed by atoms with Crippen LogP contribution < -0.4 is 5.32 Å². The van der Waals surface area contributed by atoms with Gasteiger partial charge < -0.3 is 20.6 Å². The van der Waals surface area contributed by atoms with Gasteiger partial charge in [0.15, 0.2) is 11.5 Å². The summed E-state index contributed by atoms with van der Waals surface area (Å²) in [6, 6.07) is 4.04. The van der Waals surface area contributed by atoms with Crippen LogP contribution in [0.1, 0.15) is 43.5 Å². The molecule has 4 N–H and O–H groups in total. The number of aromatic hydroxyl groups is 2. The number of benzene rings is 1. The Labute approximate surface area is 123 Å². The number of carboxylic acid groups (broad SMARTS) is 1. The van der Waals surface area contributed by atoms with Crippen molar-refractivity contribution < 1.29 is 24.9 Å². The Morgan fingerprint density at radius 1 is 1.19 bits per heavy atom. The fourth-order valence-electron chi connectivity index (χ4n) is 1.94. The largest absolute Gasteiger partial charge is 0.504 e. The van der Waals surface area contributed by atoms with Gasteiger partial charge in [0.2, 0.25) is 0 Å². The number of carbonyl (C=O) groups excluding carboxylic acids is 1. The van der Waals surface area contributed by atoms with E-state index in [2.05, 4.69) is 5.32 Å². The van der Waals surface area contributed by atoms with E-state index in [1.165, 1.54) is 18.2 Å². The number of amides is 1. The maximum Gasteiger partial charge on any atom is 0.306 e. The summed E-state index contributed by atoms with van der Waals surface area (Å²) in [5, 5.41) is 30.5. The summed E-state index contributed by atoms with van der Waals surface area (Å²) in [7, 11) is 0. The number of carboxylic acids is 1. The Morgan fingerprint density at radius 3 is 2.48 bits per heavy atom. The molecular weight excluding hydrogens is 274 g/mol. The molecule has 1 aromatic rings. The first kappa shape index (κ1) is 16.8. The van der Waals surface area contributed by atoms with Crippen molar-refractivity contribution in [2.75, 3.05) is 0 Å². The van der Waals surface area contributed by atoms with E-state index >= 15 is 0 Å². The van der Waals surface area contributed by atoms with Gasteiger partial charge in [-0.3, -0.25) is 9.59 Å². The molecule has 0 saturated carbocycles. The minimum absolute atomic E-state index is 0.0146. The molecule has 0 saturated heterocycles. The molecule has 0 aliphatic heterocycles. The van der Waals surface area contributed by atoms with Crippen molar-refractivity contribution in [2.24, 2.45) is 5.92 Å². The highest BCUT2D eigenvalue weighted by molar-refractivity contribution is 5.97. The lowest BCUT2D eigenvalue weighted by molar-refractivity contribution is -0.141. The molecule has 0 aliphatic carbocycles. The lowest BCUT2D eigenvalue weighted by Gasteiger charge is -2.15. The number of aliphatic carboxylic acids is 1. The highest BCUT2D eigenvalue weighted by Gasteiger charge is 2.16. The van der Waals surface area contributed by atoms with Crippen molar-refractivity contribution in [3.8, 4) is 11.5 Å². The second-order valence-corrected chi connectivity index (χ2v) is 5.22. The number of para-hydroxylation sites is 1. The summed E-state index contributed by atoms with van der Waals surface area (Å²) in [6.45, 7) is 3.46. The topological polar surface area (TPSA) is 107 Å². The van der Waals surface area contributed by atoms with Crippen LogP contribution in [0.3, 0.4) is 0 Å². The number of nitrogens with one attached hydrogen (secondary N) is 1. The molecule has 1 aromatic carbocycles. The van der Waals surface area contributed by atoms with E-state index in [1.54, 1.807) is 6.92 Å². The zero-order valence-corrected chi connectivity index (χ0v) is 12.2. The number of phenolic OH excluding ortho intramolecular Hbond substituents is 2. The van der Waals surface area contributed by atoms with Crippen LogP contribution in [0.5, 0.6) is 11.5 Å². The molecule has 0 radical (unpaired) electrons. The molecule has 0 spiro atoms. The molecule has 116 valence electrons. The number of hydrogen-bond acceptors (Lipinski definition) is 4. The first-order chi connectivity index (χ1) is 9.82. The maximum absolute atomic E-state index is 12.0. The standard InChI is InChI=1S/C15H21NO5/c1-9(15(20)21)5-3-6-10(2)16-14(19)11-7-4-8-12(17)13(11)18/h4,7-10,17-18H,3,5-6H2,1-2H3,(H,16,19)(H,20,21). The van der Waals surface area contributed by atoms with Gasteiger partial charge >= 0.3 is 5.97 Å². The van der Waals surface area contributed by atoms with Crippen molar-refractivity contribution in [1.29, 1.82) is 0 Å². The fourth-order valence-corrected chi connectivity index (χ4v) is 1.94. The van der Waals surface area contributed by atoms with Crippen molar-refractivity contribution in [3.05, 3.63) is 23.8 Å². The molecule has 0 heterocycles. The normalized spacial score (nSPS) is 13.4. The van der Waals surface area contributed by atoms with Gasteiger partial charge in [-0.1, -0.05) is 19.4 Å². The predicted octanol–water partition coefficient (Wildman–Crippen LogP) is 2.11.